The van der Waals surface area contributed by atoms with Gasteiger partial charge in [0, 0.05) is 19.1 Å². The van der Waals surface area contributed by atoms with Crippen molar-refractivity contribution in [3.63, 3.8) is 0 Å². The molecule has 3 aromatic rings. The zero-order chi connectivity index (χ0) is 44.0. The minimum atomic E-state index is -4.91. The number of aromatic nitrogens is 4. The third-order valence-corrected chi connectivity index (χ3v) is 13.1. The van der Waals surface area contributed by atoms with Crippen molar-refractivity contribution in [3.05, 3.63) is 60.0 Å². The summed E-state index contributed by atoms with van der Waals surface area (Å²) in [5.41, 5.74) is 0.618. The number of likely N-dealkylation sites (tertiary alicyclic amines) is 1. The summed E-state index contributed by atoms with van der Waals surface area (Å²) in [6, 6.07) is 7.62. The van der Waals surface area contributed by atoms with E-state index < -0.39 is 58.3 Å². The van der Waals surface area contributed by atoms with E-state index in [0.717, 1.165) is 4.68 Å². The fourth-order valence-corrected chi connectivity index (χ4v) is 9.25. The van der Waals surface area contributed by atoms with E-state index in [4.69, 9.17) is 49.6 Å². The number of ether oxygens (including phenoxy) is 5. The number of piperidine rings is 1. The Bertz CT molecular complexity index is 1990. The van der Waals surface area contributed by atoms with E-state index in [1.807, 2.05) is 0 Å². The maximum atomic E-state index is 14.0. The van der Waals surface area contributed by atoms with Gasteiger partial charge in [0.2, 0.25) is 17.1 Å². The van der Waals surface area contributed by atoms with Crippen LogP contribution in [0.3, 0.4) is 0 Å². The number of hydrogen-bond donors (Lipinski definition) is 7. The lowest BCUT2D eigenvalue weighted by Crippen LogP contribution is -2.48. The first-order valence-electron chi connectivity index (χ1n) is 19.4. The number of rotatable bonds is 25. The van der Waals surface area contributed by atoms with Gasteiger partial charge in [0.25, 0.3) is 0 Å². The normalized spacial score (nSPS) is 21.3. The summed E-state index contributed by atoms with van der Waals surface area (Å²) in [6.45, 7) is 6.95. The highest BCUT2D eigenvalue weighted by Gasteiger charge is 2.46. The molecule has 4 heterocycles. The molecule has 338 valence electrons. The van der Waals surface area contributed by atoms with Crippen molar-refractivity contribution in [1.82, 2.24) is 30.0 Å². The van der Waals surface area contributed by atoms with Crippen LogP contribution in [0.5, 0.6) is 0 Å². The summed E-state index contributed by atoms with van der Waals surface area (Å²) in [6.07, 6.45) is -1.92. The van der Waals surface area contributed by atoms with Crippen molar-refractivity contribution >= 4 is 55.5 Å². The van der Waals surface area contributed by atoms with E-state index >= 15 is 0 Å². The summed E-state index contributed by atoms with van der Waals surface area (Å²) in [7, 11) is -9.70. The molecule has 0 spiro atoms. The van der Waals surface area contributed by atoms with Gasteiger partial charge in [-0.1, -0.05) is 36.4 Å². The van der Waals surface area contributed by atoms with Crippen LogP contribution in [0.1, 0.15) is 37.1 Å². The minimum Gasteiger partial charge on any atom is -0.387 e. The zero-order valence-electron chi connectivity index (χ0n) is 33.1. The number of benzene rings is 1. The first-order valence-corrected chi connectivity index (χ1v) is 23.3. The number of carbonyl (C=O) groups excluding carboxylic acids is 2. The molecule has 2 fully saturated rings. The number of aliphatic hydroxyl groups excluding tert-OH is 2. The summed E-state index contributed by atoms with van der Waals surface area (Å²) in [5, 5.41) is 32.0. The Labute approximate surface area is 356 Å². The van der Waals surface area contributed by atoms with Crippen LogP contribution in [0.25, 0.3) is 11.0 Å². The highest BCUT2D eigenvalue weighted by atomic mass is 35.5. The largest absolute Gasteiger partial charge is 0.387 e. The molecule has 5 rings (SSSR count). The Morgan fingerprint density at radius 3 is 2.23 bits per heavy atom. The second kappa shape index (κ2) is 23.3. The van der Waals surface area contributed by atoms with Crippen LogP contribution in [0.15, 0.2) is 49.2 Å². The second-order valence-electron chi connectivity index (χ2n) is 14.1. The fourth-order valence-electron chi connectivity index (χ4n) is 6.51. The van der Waals surface area contributed by atoms with Crippen LogP contribution in [0.2, 0.25) is 5.28 Å². The molecule has 0 saturated carbocycles. The number of anilines is 1. The number of halogens is 1. The third-order valence-electron chi connectivity index (χ3n) is 9.49. The average molecular weight is 920 g/mol. The standard InChI is InChI=1S/C36H52ClN7O15P2/c1-2-13-54-15-17-56-19-20-57-18-16-55-14-10-28(45)43-11-8-25(9-12-43)39-34(48)29(24-6-4-3-5-7-24)40-32-26-21-38-44(33(26)42-36(37)41-32)35-31(47)30(46)27(59-35)22-58-61(52,53)23-60(49,50)51/h2-7,21,25,27,29-31,35,46-47H,1,8-20,22-23H2,(H,39,48)(H,52,53)(H,40,41,42)(H2,49,50,51)/t27-,29-,30-,31-,35-/m1/s1. The van der Waals surface area contributed by atoms with E-state index in [1.165, 1.54) is 6.20 Å². The third kappa shape index (κ3) is 14.8. The average Bonchev–Trinajstić information content (AvgIpc) is 3.76. The van der Waals surface area contributed by atoms with E-state index in [1.54, 1.807) is 41.3 Å². The Hall–Kier alpha value is -3.44. The highest BCUT2D eigenvalue weighted by molar-refractivity contribution is 7.70. The SMILES string of the molecule is C=CCOCCOCCOCCOCCC(=O)N1CCC(NC(=O)[C@H](Nc2nc(Cl)nc3c2cnn3[C@@H]2O[C@H](COP(=O)(O)CP(=O)(O)O)[C@@H](O)[C@H]2O)c2ccccc2)CC1. The Kier molecular flexibility index (Phi) is 18.6. The monoisotopic (exact) mass is 919 g/mol. The van der Waals surface area contributed by atoms with Gasteiger partial charge in [0.15, 0.2) is 17.8 Å². The molecule has 25 heteroatoms. The summed E-state index contributed by atoms with van der Waals surface area (Å²) in [5.74, 6) is -1.78. The van der Waals surface area contributed by atoms with Crippen LogP contribution >= 0.6 is 26.8 Å². The van der Waals surface area contributed by atoms with Gasteiger partial charge in [-0.3, -0.25) is 18.7 Å². The van der Waals surface area contributed by atoms with Gasteiger partial charge < -0.3 is 68.6 Å². The first kappa shape index (κ1) is 48.6. The van der Waals surface area contributed by atoms with Gasteiger partial charge >= 0.3 is 15.2 Å². The number of nitrogens with zero attached hydrogens (tertiary/aromatic N) is 5. The van der Waals surface area contributed by atoms with Crippen molar-refractivity contribution < 1.29 is 71.8 Å². The summed E-state index contributed by atoms with van der Waals surface area (Å²) in [4.78, 5) is 65.1. The molecule has 22 nitrogen and oxygen atoms in total. The predicted molar refractivity (Wildman–Crippen MR) is 218 cm³/mol. The van der Waals surface area contributed by atoms with E-state index in [-0.39, 0.29) is 53.0 Å². The van der Waals surface area contributed by atoms with Gasteiger partial charge in [-0.25, -0.2) is 4.68 Å². The Morgan fingerprint density at radius 1 is 0.951 bits per heavy atom. The van der Waals surface area contributed by atoms with Crippen molar-refractivity contribution in [2.24, 2.45) is 0 Å². The van der Waals surface area contributed by atoms with E-state index in [9.17, 15) is 33.8 Å². The van der Waals surface area contributed by atoms with Crippen LogP contribution in [-0.2, 0) is 46.9 Å². The number of aliphatic hydroxyl groups is 2. The Morgan fingerprint density at radius 2 is 1.59 bits per heavy atom. The quantitative estimate of drug-likeness (QED) is 0.0273. The summed E-state index contributed by atoms with van der Waals surface area (Å²) >= 11 is 6.35. The molecule has 0 aliphatic carbocycles. The Balaban J connectivity index is 1.13. The van der Waals surface area contributed by atoms with Crippen LogP contribution in [-0.4, -0.2) is 164 Å². The highest BCUT2D eigenvalue weighted by Crippen LogP contribution is 2.55. The lowest BCUT2D eigenvalue weighted by atomic mass is 10.0. The fraction of sp³-hybridized carbons (Fsp3) is 0.583. The van der Waals surface area contributed by atoms with Gasteiger partial charge in [-0.15, -0.1) is 6.58 Å². The zero-order valence-corrected chi connectivity index (χ0v) is 35.7. The molecule has 2 aliphatic heterocycles. The first-order chi connectivity index (χ1) is 29.2. The van der Waals surface area contributed by atoms with Crippen molar-refractivity contribution in [2.75, 3.05) is 83.8 Å². The number of carbonyl (C=O) groups is 2. The predicted octanol–water partition coefficient (Wildman–Crippen LogP) is 1.34. The van der Waals surface area contributed by atoms with Crippen LogP contribution in [0.4, 0.5) is 5.82 Å². The molecule has 6 atom stereocenters. The molecule has 1 unspecified atom stereocenters. The van der Waals surface area contributed by atoms with E-state index in [0.29, 0.717) is 77.7 Å². The maximum Gasteiger partial charge on any atom is 0.340 e. The van der Waals surface area contributed by atoms with Crippen LogP contribution < -0.4 is 10.6 Å². The molecule has 0 radical (unpaired) electrons. The lowest BCUT2D eigenvalue weighted by molar-refractivity contribution is -0.133. The smallest absolute Gasteiger partial charge is 0.340 e. The van der Waals surface area contributed by atoms with Gasteiger partial charge in [-0.2, -0.15) is 15.1 Å². The molecule has 2 amide bonds. The van der Waals surface area contributed by atoms with Crippen LogP contribution in [0, 0.1) is 0 Å². The van der Waals surface area contributed by atoms with Crippen molar-refractivity contribution in [2.45, 2.75) is 55.9 Å². The lowest BCUT2D eigenvalue weighted by Gasteiger charge is -2.33. The molecule has 1 aromatic carbocycles. The topological polar surface area (TPSA) is 296 Å². The van der Waals surface area contributed by atoms with E-state index in [2.05, 4.69) is 32.3 Å². The molecule has 2 saturated heterocycles. The van der Waals surface area contributed by atoms with Gasteiger partial charge in [-0.05, 0) is 30.0 Å². The van der Waals surface area contributed by atoms with Crippen molar-refractivity contribution in [1.29, 1.82) is 0 Å². The molecule has 0 bridgehead atoms. The molecule has 2 aliphatic rings. The number of fused-ring (bicyclic) bond motifs is 1. The number of nitrogens with one attached hydrogen (secondary N) is 2. The molecular weight excluding hydrogens is 868 g/mol. The number of hydrogen-bond acceptors (Lipinski definition) is 16. The van der Waals surface area contributed by atoms with Gasteiger partial charge in [0.1, 0.15) is 30.2 Å². The summed E-state index contributed by atoms with van der Waals surface area (Å²) < 4.78 is 56.6. The van der Waals surface area contributed by atoms with Gasteiger partial charge in [0.05, 0.1) is 77.5 Å². The molecule has 7 N–H and O–H groups in total. The molecular formula is C36H52ClN7O15P2. The molecule has 2 aromatic heterocycles. The minimum absolute atomic E-state index is 0.0283. The molecule has 61 heavy (non-hydrogen) atoms. The maximum absolute atomic E-state index is 14.0. The second-order valence-corrected chi connectivity index (χ2v) is 18.4. The van der Waals surface area contributed by atoms with Crippen molar-refractivity contribution in [3.8, 4) is 0 Å². The number of amides is 2.